The number of fused-ring (bicyclic) bond motifs is 1. The number of carbonyl (C=O) groups is 5. The number of pyridine rings is 1. The van der Waals surface area contributed by atoms with Gasteiger partial charge in [-0.2, -0.15) is 5.26 Å². The molecule has 4 N–H and O–H groups in total. The first-order chi connectivity index (χ1) is 17.7. The molecule has 0 bridgehead atoms. The van der Waals surface area contributed by atoms with E-state index in [9.17, 15) is 29.2 Å². The molecule has 12 nitrogen and oxygen atoms in total. The topological polar surface area (TPSA) is 173 Å². The van der Waals surface area contributed by atoms with Crippen LogP contribution in [0, 0.1) is 17.2 Å². The summed E-state index contributed by atoms with van der Waals surface area (Å²) in [6.07, 6.45) is 2.89. The van der Waals surface area contributed by atoms with E-state index in [1.807, 2.05) is 19.9 Å². The summed E-state index contributed by atoms with van der Waals surface area (Å²) in [6, 6.07) is 2.89. The van der Waals surface area contributed by atoms with Gasteiger partial charge in [-0.15, -0.1) is 0 Å². The quantitative estimate of drug-likeness (QED) is 0.426. The molecule has 3 heterocycles. The SMILES string of the molecule is CC(C)C[C@@H]1NC(=O)[C@@H](NC(=O)c2ccccn2)CNC(=O)[C@H]2CCCN2C(=O)CC[C@@H](C#N)NC1=O. The van der Waals surface area contributed by atoms with E-state index in [0.29, 0.717) is 19.4 Å². The Bertz CT molecular complexity index is 1060. The molecule has 4 atom stereocenters. The summed E-state index contributed by atoms with van der Waals surface area (Å²) >= 11 is 0. The minimum absolute atomic E-state index is 0.00769. The average Bonchev–Trinajstić information content (AvgIpc) is 3.38. The lowest BCUT2D eigenvalue weighted by molar-refractivity contribution is -0.138. The van der Waals surface area contributed by atoms with E-state index in [1.54, 1.807) is 12.1 Å². The zero-order chi connectivity index (χ0) is 26.9. The maximum Gasteiger partial charge on any atom is 0.270 e. The first-order valence-electron chi connectivity index (χ1n) is 12.5. The Morgan fingerprint density at radius 2 is 1.95 bits per heavy atom. The highest BCUT2D eigenvalue weighted by molar-refractivity contribution is 5.97. The summed E-state index contributed by atoms with van der Waals surface area (Å²) in [7, 11) is 0. The molecule has 2 saturated heterocycles. The smallest absolute Gasteiger partial charge is 0.270 e. The predicted molar refractivity (Wildman–Crippen MR) is 131 cm³/mol. The molecule has 2 aliphatic heterocycles. The fourth-order valence-electron chi connectivity index (χ4n) is 4.42. The summed E-state index contributed by atoms with van der Waals surface area (Å²) in [5, 5.41) is 20.1. The number of amides is 5. The molecule has 37 heavy (non-hydrogen) atoms. The van der Waals surface area contributed by atoms with E-state index < -0.39 is 47.8 Å². The lowest BCUT2D eigenvalue weighted by Crippen LogP contribution is -2.58. The van der Waals surface area contributed by atoms with E-state index in [4.69, 9.17) is 0 Å². The molecule has 2 fully saturated rings. The zero-order valence-corrected chi connectivity index (χ0v) is 21.0. The molecule has 0 aromatic carbocycles. The van der Waals surface area contributed by atoms with Crippen molar-refractivity contribution in [2.45, 2.75) is 70.1 Å². The van der Waals surface area contributed by atoms with Gasteiger partial charge in [-0.05, 0) is 43.7 Å². The molecule has 1 aromatic rings. The monoisotopic (exact) mass is 511 g/mol. The molecule has 0 aliphatic carbocycles. The van der Waals surface area contributed by atoms with Crippen LogP contribution in [0.2, 0.25) is 0 Å². The van der Waals surface area contributed by atoms with Crippen molar-refractivity contribution in [3.63, 3.8) is 0 Å². The van der Waals surface area contributed by atoms with Crippen LogP contribution in [0.4, 0.5) is 0 Å². The van der Waals surface area contributed by atoms with Gasteiger partial charge >= 0.3 is 0 Å². The first kappa shape index (κ1) is 27.6. The van der Waals surface area contributed by atoms with Crippen LogP contribution in [0.3, 0.4) is 0 Å². The normalized spacial score (nSPS) is 25.6. The average molecular weight is 512 g/mol. The maximum absolute atomic E-state index is 13.3. The summed E-state index contributed by atoms with van der Waals surface area (Å²) in [5.74, 6) is -2.55. The van der Waals surface area contributed by atoms with Crippen LogP contribution in [0.1, 0.15) is 56.4 Å². The van der Waals surface area contributed by atoms with Gasteiger partial charge in [0.05, 0.1) is 6.07 Å². The minimum Gasteiger partial charge on any atom is -0.352 e. The molecule has 3 rings (SSSR count). The summed E-state index contributed by atoms with van der Waals surface area (Å²) in [6.45, 7) is 3.90. The largest absolute Gasteiger partial charge is 0.352 e. The maximum atomic E-state index is 13.3. The van der Waals surface area contributed by atoms with Crippen LogP contribution in [0.25, 0.3) is 0 Å². The second kappa shape index (κ2) is 12.8. The van der Waals surface area contributed by atoms with Gasteiger partial charge in [-0.3, -0.25) is 29.0 Å². The van der Waals surface area contributed by atoms with Gasteiger partial charge in [-0.1, -0.05) is 19.9 Å². The molecule has 12 heteroatoms. The number of hydrogen-bond donors (Lipinski definition) is 4. The van der Waals surface area contributed by atoms with Gasteiger partial charge in [0.2, 0.25) is 23.6 Å². The number of aromatic nitrogens is 1. The van der Waals surface area contributed by atoms with Gasteiger partial charge in [0, 0.05) is 25.7 Å². The third-order valence-electron chi connectivity index (χ3n) is 6.33. The summed E-state index contributed by atoms with van der Waals surface area (Å²) in [4.78, 5) is 70.4. The molecule has 0 spiro atoms. The number of nitrogens with zero attached hydrogens (tertiary/aromatic N) is 3. The molecule has 1 aromatic heterocycles. The summed E-state index contributed by atoms with van der Waals surface area (Å²) in [5.41, 5.74) is 0.0819. The van der Waals surface area contributed by atoms with Crippen molar-refractivity contribution in [1.29, 1.82) is 5.26 Å². The standard InChI is InChI=1S/C25H33N7O5/c1-15(2)12-18-23(35)29-16(13-26)8-9-21(33)32-11-5-7-20(32)25(37)28-14-19(24(36)30-18)31-22(34)17-6-3-4-10-27-17/h3-4,6,10,15-16,18-20H,5,7-9,11-12,14H2,1-2H3,(H,28,37)(H,29,35)(H,30,36)(H,31,34)/t16-,18-,19-,20+/m0/s1. The van der Waals surface area contributed by atoms with E-state index in [1.165, 1.54) is 17.2 Å². The fraction of sp³-hybridized carbons (Fsp3) is 0.560. The van der Waals surface area contributed by atoms with Gasteiger partial charge in [-0.25, -0.2) is 0 Å². The van der Waals surface area contributed by atoms with Crippen LogP contribution in [0.15, 0.2) is 24.4 Å². The molecule has 0 radical (unpaired) electrons. The van der Waals surface area contributed by atoms with Crippen LogP contribution in [0.5, 0.6) is 0 Å². The van der Waals surface area contributed by atoms with Crippen LogP contribution >= 0.6 is 0 Å². The van der Waals surface area contributed by atoms with Crippen molar-refractivity contribution >= 4 is 29.5 Å². The number of carbonyl (C=O) groups excluding carboxylic acids is 5. The Kier molecular flexibility index (Phi) is 9.54. The van der Waals surface area contributed by atoms with Gasteiger partial charge < -0.3 is 26.2 Å². The second-order valence-electron chi connectivity index (χ2n) is 9.65. The Labute approximate surface area is 215 Å². The molecule has 2 aliphatic rings. The van der Waals surface area contributed by atoms with Crippen molar-refractivity contribution < 1.29 is 24.0 Å². The number of nitrogens with one attached hydrogen (secondary N) is 4. The highest BCUT2D eigenvalue weighted by Crippen LogP contribution is 2.19. The van der Waals surface area contributed by atoms with Crippen molar-refractivity contribution in [2.24, 2.45) is 5.92 Å². The molecule has 198 valence electrons. The lowest BCUT2D eigenvalue weighted by atomic mass is 10.0. The fourth-order valence-corrected chi connectivity index (χ4v) is 4.42. The van der Waals surface area contributed by atoms with Crippen molar-refractivity contribution in [1.82, 2.24) is 31.2 Å². The van der Waals surface area contributed by atoms with Gasteiger partial charge in [0.25, 0.3) is 5.91 Å². The molecular formula is C25H33N7O5. The highest BCUT2D eigenvalue weighted by Gasteiger charge is 2.36. The number of rotatable bonds is 4. The lowest BCUT2D eigenvalue weighted by Gasteiger charge is -2.26. The van der Waals surface area contributed by atoms with E-state index in [0.717, 1.165) is 0 Å². The van der Waals surface area contributed by atoms with Crippen LogP contribution < -0.4 is 21.3 Å². The van der Waals surface area contributed by atoms with Crippen molar-refractivity contribution in [3.05, 3.63) is 30.1 Å². The Morgan fingerprint density at radius 3 is 2.62 bits per heavy atom. The molecule has 0 unspecified atom stereocenters. The first-order valence-corrected chi connectivity index (χ1v) is 12.5. The Morgan fingerprint density at radius 1 is 1.16 bits per heavy atom. The van der Waals surface area contributed by atoms with E-state index in [2.05, 4.69) is 26.3 Å². The second-order valence-corrected chi connectivity index (χ2v) is 9.65. The summed E-state index contributed by atoms with van der Waals surface area (Å²) < 4.78 is 0. The number of hydrogen-bond acceptors (Lipinski definition) is 7. The van der Waals surface area contributed by atoms with E-state index >= 15 is 0 Å². The Hall–Kier alpha value is -4.01. The predicted octanol–water partition coefficient (Wildman–Crippen LogP) is -0.380. The van der Waals surface area contributed by atoms with E-state index in [-0.39, 0.29) is 43.3 Å². The van der Waals surface area contributed by atoms with Crippen molar-refractivity contribution in [2.75, 3.05) is 13.1 Å². The zero-order valence-electron chi connectivity index (χ0n) is 21.0. The molecule has 5 amide bonds. The molecule has 0 saturated carbocycles. The highest BCUT2D eigenvalue weighted by atomic mass is 16.2. The Balaban J connectivity index is 1.89. The van der Waals surface area contributed by atoms with Crippen LogP contribution in [-0.4, -0.2) is 76.7 Å². The van der Waals surface area contributed by atoms with Gasteiger partial charge in [0.15, 0.2) is 0 Å². The molecular weight excluding hydrogens is 478 g/mol. The van der Waals surface area contributed by atoms with Crippen molar-refractivity contribution in [3.8, 4) is 6.07 Å². The third kappa shape index (κ3) is 7.49. The third-order valence-corrected chi connectivity index (χ3v) is 6.33. The number of nitriles is 1. The van der Waals surface area contributed by atoms with Crippen LogP contribution in [-0.2, 0) is 19.2 Å². The van der Waals surface area contributed by atoms with Gasteiger partial charge in [0.1, 0.15) is 29.9 Å². The minimum atomic E-state index is -1.22.